The molecule has 0 unspecified atom stereocenters. The van der Waals surface area contributed by atoms with E-state index in [9.17, 15) is 0 Å². The smallest absolute Gasteiger partial charge is 0.191 e. The molecule has 3 aromatic rings. The van der Waals surface area contributed by atoms with Crippen molar-refractivity contribution in [1.29, 1.82) is 0 Å². The lowest BCUT2D eigenvalue weighted by Gasteiger charge is -2.07. The topological polar surface area (TPSA) is 61.7 Å². The molecule has 0 radical (unpaired) electrons. The van der Waals surface area contributed by atoms with E-state index in [1.807, 2.05) is 37.0 Å². The van der Waals surface area contributed by atoms with Crippen molar-refractivity contribution in [3.8, 4) is 11.4 Å². The molecular weight excluding hydrogens is 322 g/mol. The molecule has 3 heterocycles. The van der Waals surface area contributed by atoms with E-state index >= 15 is 0 Å². The van der Waals surface area contributed by atoms with Gasteiger partial charge in [0.05, 0.1) is 18.0 Å². The molecule has 0 spiro atoms. The lowest BCUT2D eigenvalue weighted by atomic mass is 10.2. The summed E-state index contributed by atoms with van der Waals surface area (Å²) < 4.78 is 9.31. The molecule has 0 fully saturated rings. The normalized spacial score (nSPS) is 11.1. The number of rotatable bonds is 8. The number of furan rings is 1. The minimum atomic E-state index is 0.678. The third-order valence-corrected chi connectivity index (χ3v) is 4.78. The highest BCUT2D eigenvalue weighted by atomic mass is 32.2. The van der Waals surface area contributed by atoms with Crippen molar-refractivity contribution in [2.75, 3.05) is 5.75 Å². The fourth-order valence-corrected chi connectivity index (χ4v) is 3.43. The highest BCUT2D eigenvalue weighted by molar-refractivity contribution is 7.99. The maximum atomic E-state index is 5.39. The Kier molecular flexibility index (Phi) is 5.20. The summed E-state index contributed by atoms with van der Waals surface area (Å²) in [7, 11) is 1.94. The molecule has 126 valence electrons. The zero-order valence-electron chi connectivity index (χ0n) is 14.0. The Morgan fingerprint density at radius 3 is 2.92 bits per heavy atom. The molecule has 0 saturated carbocycles. The van der Waals surface area contributed by atoms with E-state index in [1.54, 1.807) is 18.0 Å². The summed E-state index contributed by atoms with van der Waals surface area (Å²) in [4.78, 5) is 0. The predicted molar refractivity (Wildman–Crippen MR) is 94.9 cm³/mol. The minimum Gasteiger partial charge on any atom is -0.469 e. The second kappa shape index (κ2) is 7.53. The maximum absolute atomic E-state index is 5.39. The van der Waals surface area contributed by atoms with E-state index in [0.717, 1.165) is 40.9 Å². The van der Waals surface area contributed by atoms with Crippen molar-refractivity contribution in [2.45, 2.75) is 31.5 Å². The average molecular weight is 343 g/mol. The second-order valence-electron chi connectivity index (χ2n) is 5.57. The minimum absolute atomic E-state index is 0.678. The van der Waals surface area contributed by atoms with Crippen molar-refractivity contribution in [3.63, 3.8) is 0 Å². The SMILES string of the molecule is C=CCn1c(SCCCc2cnn(C)c2)nnc1-c1ccoc1C. The molecule has 24 heavy (non-hydrogen) atoms. The average Bonchev–Trinajstić information content (AvgIpc) is 3.26. The zero-order valence-corrected chi connectivity index (χ0v) is 14.8. The van der Waals surface area contributed by atoms with Gasteiger partial charge in [0.15, 0.2) is 11.0 Å². The summed E-state index contributed by atoms with van der Waals surface area (Å²) in [5, 5.41) is 13.8. The third-order valence-electron chi connectivity index (χ3n) is 3.73. The van der Waals surface area contributed by atoms with E-state index in [0.29, 0.717) is 6.54 Å². The molecular formula is C17H21N5OS. The van der Waals surface area contributed by atoms with E-state index in [-0.39, 0.29) is 0 Å². The fourth-order valence-electron chi connectivity index (χ4n) is 2.55. The van der Waals surface area contributed by atoms with Gasteiger partial charge in [0.2, 0.25) is 0 Å². The number of hydrogen-bond donors (Lipinski definition) is 0. The number of nitrogens with zero attached hydrogens (tertiary/aromatic N) is 5. The van der Waals surface area contributed by atoms with Gasteiger partial charge < -0.3 is 4.42 Å². The number of allylic oxidation sites excluding steroid dienone is 1. The molecule has 0 atom stereocenters. The molecule has 7 heteroatoms. The largest absolute Gasteiger partial charge is 0.469 e. The quantitative estimate of drug-likeness (QED) is 0.356. The summed E-state index contributed by atoms with van der Waals surface area (Å²) in [5.74, 6) is 2.66. The van der Waals surface area contributed by atoms with Crippen molar-refractivity contribution >= 4 is 11.8 Å². The molecule has 0 aromatic carbocycles. The number of aryl methyl sites for hydroxylation is 3. The number of aromatic nitrogens is 5. The molecule has 0 amide bonds. The highest BCUT2D eigenvalue weighted by Gasteiger charge is 2.16. The van der Waals surface area contributed by atoms with E-state index in [4.69, 9.17) is 4.42 Å². The Balaban J connectivity index is 1.66. The van der Waals surface area contributed by atoms with Gasteiger partial charge in [-0.3, -0.25) is 9.25 Å². The Bertz CT molecular complexity index is 817. The van der Waals surface area contributed by atoms with Gasteiger partial charge in [-0.1, -0.05) is 17.8 Å². The first-order valence-corrected chi connectivity index (χ1v) is 8.86. The summed E-state index contributed by atoms with van der Waals surface area (Å²) in [6.45, 7) is 6.45. The van der Waals surface area contributed by atoms with E-state index in [2.05, 4.69) is 32.6 Å². The van der Waals surface area contributed by atoms with Crippen molar-refractivity contribution < 1.29 is 4.42 Å². The van der Waals surface area contributed by atoms with Gasteiger partial charge in [-0.2, -0.15) is 5.10 Å². The van der Waals surface area contributed by atoms with Crippen LogP contribution in [0.5, 0.6) is 0 Å². The van der Waals surface area contributed by atoms with Crippen molar-refractivity contribution in [2.24, 2.45) is 7.05 Å². The molecule has 6 nitrogen and oxygen atoms in total. The van der Waals surface area contributed by atoms with Gasteiger partial charge >= 0.3 is 0 Å². The zero-order chi connectivity index (χ0) is 16.9. The van der Waals surface area contributed by atoms with Crippen LogP contribution in [0.15, 0.2) is 47.0 Å². The molecule has 0 bridgehead atoms. The summed E-state index contributed by atoms with van der Waals surface area (Å²) >= 11 is 1.72. The van der Waals surface area contributed by atoms with Crippen LogP contribution in [0.2, 0.25) is 0 Å². The van der Waals surface area contributed by atoms with Gasteiger partial charge in [-0.25, -0.2) is 0 Å². The van der Waals surface area contributed by atoms with Crippen LogP contribution >= 0.6 is 11.8 Å². The first kappa shape index (κ1) is 16.6. The lowest BCUT2D eigenvalue weighted by Crippen LogP contribution is -2.01. The molecule has 0 saturated heterocycles. The fraction of sp³-hybridized carbons (Fsp3) is 0.353. The van der Waals surface area contributed by atoms with Gasteiger partial charge in [-0.15, -0.1) is 16.8 Å². The lowest BCUT2D eigenvalue weighted by molar-refractivity contribution is 0.534. The molecule has 3 rings (SSSR count). The standard InChI is InChI=1S/C17H21N5OS/c1-4-8-22-16(15-7-9-23-13(15)2)19-20-17(22)24-10-5-6-14-11-18-21(3)12-14/h4,7,9,11-12H,1,5-6,8,10H2,2-3H3. The number of thioether (sulfide) groups is 1. The van der Waals surface area contributed by atoms with Crippen LogP contribution < -0.4 is 0 Å². The van der Waals surface area contributed by atoms with Crippen LogP contribution in [0.3, 0.4) is 0 Å². The van der Waals surface area contributed by atoms with Crippen LogP contribution in [0, 0.1) is 6.92 Å². The van der Waals surface area contributed by atoms with Crippen LogP contribution in [0.25, 0.3) is 11.4 Å². The Morgan fingerprint density at radius 1 is 1.38 bits per heavy atom. The number of hydrogen-bond acceptors (Lipinski definition) is 5. The highest BCUT2D eigenvalue weighted by Crippen LogP contribution is 2.27. The van der Waals surface area contributed by atoms with Crippen LogP contribution in [-0.2, 0) is 20.0 Å². The van der Waals surface area contributed by atoms with Crippen molar-refractivity contribution in [1.82, 2.24) is 24.5 Å². The van der Waals surface area contributed by atoms with Crippen LogP contribution in [0.1, 0.15) is 17.7 Å². The monoisotopic (exact) mass is 343 g/mol. The molecule has 3 aromatic heterocycles. The Labute approximate surface area is 145 Å². The molecule has 0 aliphatic carbocycles. The second-order valence-corrected chi connectivity index (χ2v) is 6.63. The van der Waals surface area contributed by atoms with Gasteiger partial charge in [0, 0.05) is 25.5 Å². The molecule has 0 aliphatic rings. The van der Waals surface area contributed by atoms with Crippen LogP contribution in [-0.4, -0.2) is 30.3 Å². The van der Waals surface area contributed by atoms with E-state index < -0.39 is 0 Å². The van der Waals surface area contributed by atoms with Gasteiger partial charge in [-0.05, 0) is 31.4 Å². The summed E-state index contributed by atoms with van der Waals surface area (Å²) in [6, 6.07) is 1.93. The first-order chi connectivity index (χ1) is 11.7. The summed E-state index contributed by atoms with van der Waals surface area (Å²) in [6.07, 6.45) is 9.61. The maximum Gasteiger partial charge on any atom is 0.191 e. The van der Waals surface area contributed by atoms with Gasteiger partial charge in [0.25, 0.3) is 0 Å². The Morgan fingerprint density at radius 2 is 2.25 bits per heavy atom. The predicted octanol–water partition coefficient (Wildman–Crippen LogP) is 3.49. The van der Waals surface area contributed by atoms with Crippen molar-refractivity contribution in [3.05, 3.63) is 48.7 Å². The molecule has 0 aliphatic heterocycles. The Hall–Kier alpha value is -2.28. The van der Waals surface area contributed by atoms with Gasteiger partial charge in [0.1, 0.15) is 5.76 Å². The summed E-state index contributed by atoms with van der Waals surface area (Å²) in [5.41, 5.74) is 2.24. The van der Waals surface area contributed by atoms with E-state index in [1.165, 1.54) is 5.56 Å². The molecule has 0 N–H and O–H groups in total. The third kappa shape index (κ3) is 3.62. The van der Waals surface area contributed by atoms with Crippen LogP contribution in [0.4, 0.5) is 0 Å². The first-order valence-electron chi connectivity index (χ1n) is 7.88.